The Morgan fingerprint density at radius 1 is 1.47 bits per heavy atom. The predicted molar refractivity (Wildman–Crippen MR) is 72.5 cm³/mol. The van der Waals surface area contributed by atoms with Crippen molar-refractivity contribution >= 4 is 24.0 Å². The van der Waals surface area contributed by atoms with Crippen LogP contribution in [0.25, 0.3) is 0 Å². The van der Waals surface area contributed by atoms with E-state index < -0.39 is 0 Å². The molecule has 0 spiro atoms. The number of nitrogens with two attached hydrogens (primary N) is 1. The molecule has 1 aliphatic heterocycles. The third-order valence-electron chi connectivity index (χ3n) is 3.20. The molecule has 2 N–H and O–H groups in total. The molecule has 1 aromatic carbocycles. The Balaban J connectivity index is 0.00000144. The summed E-state index contributed by atoms with van der Waals surface area (Å²) >= 11 is 0. The Morgan fingerprint density at radius 3 is 2.76 bits per heavy atom. The summed E-state index contributed by atoms with van der Waals surface area (Å²) in [6.45, 7) is 5.87. The Hall–Kier alpha value is -1.22. The van der Waals surface area contributed by atoms with Gasteiger partial charge in [0.2, 0.25) is 0 Å². The second-order valence-electron chi connectivity index (χ2n) is 4.72. The van der Waals surface area contributed by atoms with Crippen molar-refractivity contribution in [3.05, 3.63) is 29.3 Å². The number of nitrogens with zero attached hydrogens (tertiary/aromatic N) is 1. The first-order valence-electron chi connectivity index (χ1n) is 5.73. The summed E-state index contributed by atoms with van der Waals surface area (Å²) in [6, 6.07) is 5.52. The molecule has 17 heavy (non-hydrogen) atoms. The number of nitrogen functional groups attached to an aromatic ring is 1. The van der Waals surface area contributed by atoms with Crippen LogP contribution in [-0.2, 0) is 0 Å². The highest BCUT2D eigenvalue weighted by Gasteiger charge is 2.24. The van der Waals surface area contributed by atoms with Gasteiger partial charge in [-0.25, -0.2) is 0 Å². The highest BCUT2D eigenvalue weighted by atomic mass is 35.5. The lowest BCUT2D eigenvalue weighted by Crippen LogP contribution is -2.29. The van der Waals surface area contributed by atoms with Crippen LogP contribution in [0.3, 0.4) is 0 Å². The summed E-state index contributed by atoms with van der Waals surface area (Å²) in [5.41, 5.74) is 8.12. The molecular weight excluding hydrogens is 236 g/mol. The van der Waals surface area contributed by atoms with Gasteiger partial charge in [-0.05, 0) is 37.0 Å². The fourth-order valence-corrected chi connectivity index (χ4v) is 2.16. The number of amides is 1. The molecule has 1 amide bonds. The van der Waals surface area contributed by atoms with Crippen molar-refractivity contribution in [3.63, 3.8) is 0 Å². The second kappa shape index (κ2) is 5.41. The van der Waals surface area contributed by atoms with Crippen molar-refractivity contribution in [3.8, 4) is 0 Å². The first-order valence-corrected chi connectivity index (χ1v) is 5.73. The Bertz CT molecular complexity index is 420. The number of likely N-dealkylation sites (tertiary alicyclic amines) is 1. The van der Waals surface area contributed by atoms with Gasteiger partial charge < -0.3 is 10.6 Å². The van der Waals surface area contributed by atoms with E-state index in [4.69, 9.17) is 5.73 Å². The molecule has 0 saturated carbocycles. The zero-order valence-electron chi connectivity index (χ0n) is 10.3. The van der Waals surface area contributed by atoms with Gasteiger partial charge in [0, 0.05) is 24.3 Å². The lowest BCUT2D eigenvalue weighted by molar-refractivity contribution is 0.0787. The van der Waals surface area contributed by atoms with E-state index in [1.54, 1.807) is 6.07 Å². The molecular formula is C13H19ClN2O. The number of hydrogen-bond donors (Lipinski definition) is 1. The van der Waals surface area contributed by atoms with Crippen LogP contribution in [0.1, 0.15) is 29.3 Å². The third-order valence-corrected chi connectivity index (χ3v) is 3.20. The summed E-state index contributed by atoms with van der Waals surface area (Å²) in [4.78, 5) is 14.2. The monoisotopic (exact) mass is 254 g/mol. The molecule has 0 bridgehead atoms. The summed E-state index contributed by atoms with van der Waals surface area (Å²) in [6.07, 6.45) is 1.10. The minimum Gasteiger partial charge on any atom is -0.399 e. The number of anilines is 1. The molecule has 3 nitrogen and oxygen atoms in total. The van der Waals surface area contributed by atoms with Gasteiger partial charge in [-0.3, -0.25) is 4.79 Å². The normalized spacial score (nSPS) is 18.9. The second-order valence-corrected chi connectivity index (χ2v) is 4.72. The number of carbonyl (C=O) groups excluding carboxylic acids is 1. The molecule has 1 aliphatic rings. The Labute approximate surface area is 108 Å². The number of benzene rings is 1. The molecule has 1 fully saturated rings. The highest BCUT2D eigenvalue weighted by Crippen LogP contribution is 2.20. The number of hydrogen-bond acceptors (Lipinski definition) is 2. The van der Waals surface area contributed by atoms with Gasteiger partial charge in [0.15, 0.2) is 0 Å². The van der Waals surface area contributed by atoms with Crippen LogP contribution < -0.4 is 5.73 Å². The van der Waals surface area contributed by atoms with E-state index in [-0.39, 0.29) is 18.3 Å². The van der Waals surface area contributed by atoms with Crippen molar-refractivity contribution in [2.24, 2.45) is 5.92 Å². The Morgan fingerprint density at radius 2 is 2.18 bits per heavy atom. The zero-order valence-corrected chi connectivity index (χ0v) is 11.1. The molecule has 1 unspecified atom stereocenters. The molecule has 0 aromatic heterocycles. The average molecular weight is 255 g/mol. The lowest BCUT2D eigenvalue weighted by atomic mass is 10.1. The minimum absolute atomic E-state index is 0. The van der Waals surface area contributed by atoms with E-state index in [0.717, 1.165) is 30.6 Å². The van der Waals surface area contributed by atoms with Gasteiger partial charge in [-0.2, -0.15) is 0 Å². The molecule has 1 heterocycles. The molecule has 1 saturated heterocycles. The van der Waals surface area contributed by atoms with Gasteiger partial charge in [0.05, 0.1) is 0 Å². The average Bonchev–Trinajstić information content (AvgIpc) is 2.67. The van der Waals surface area contributed by atoms with Gasteiger partial charge in [-0.15, -0.1) is 12.4 Å². The fourth-order valence-electron chi connectivity index (χ4n) is 2.16. The van der Waals surface area contributed by atoms with E-state index >= 15 is 0 Å². The zero-order chi connectivity index (χ0) is 11.7. The van der Waals surface area contributed by atoms with Crippen molar-refractivity contribution in [2.45, 2.75) is 20.3 Å². The van der Waals surface area contributed by atoms with Crippen LogP contribution in [0.2, 0.25) is 0 Å². The molecule has 0 aliphatic carbocycles. The van der Waals surface area contributed by atoms with Gasteiger partial charge in [-0.1, -0.05) is 13.0 Å². The van der Waals surface area contributed by atoms with Crippen molar-refractivity contribution < 1.29 is 4.79 Å². The number of rotatable bonds is 1. The number of aryl methyl sites for hydroxylation is 1. The van der Waals surface area contributed by atoms with E-state index in [1.165, 1.54) is 0 Å². The van der Waals surface area contributed by atoms with Gasteiger partial charge >= 0.3 is 0 Å². The quantitative estimate of drug-likeness (QED) is 0.783. The highest BCUT2D eigenvalue weighted by molar-refractivity contribution is 5.96. The number of carbonyl (C=O) groups is 1. The predicted octanol–water partition coefficient (Wildman–Crippen LogP) is 2.48. The topological polar surface area (TPSA) is 46.3 Å². The molecule has 0 radical (unpaired) electrons. The fraction of sp³-hybridized carbons (Fsp3) is 0.462. The first-order chi connectivity index (χ1) is 7.58. The maximum Gasteiger partial charge on any atom is 0.254 e. The smallest absolute Gasteiger partial charge is 0.254 e. The molecule has 1 atom stereocenters. The van der Waals surface area contributed by atoms with Crippen LogP contribution >= 0.6 is 12.4 Å². The van der Waals surface area contributed by atoms with Gasteiger partial charge in [0.1, 0.15) is 0 Å². The lowest BCUT2D eigenvalue weighted by Gasteiger charge is -2.17. The maximum atomic E-state index is 12.2. The van der Waals surface area contributed by atoms with E-state index in [0.29, 0.717) is 11.6 Å². The molecule has 4 heteroatoms. The minimum atomic E-state index is 0. The number of halogens is 1. The largest absolute Gasteiger partial charge is 0.399 e. The summed E-state index contributed by atoms with van der Waals surface area (Å²) in [5.74, 6) is 0.736. The third kappa shape index (κ3) is 2.91. The van der Waals surface area contributed by atoms with E-state index in [1.807, 2.05) is 24.0 Å². The van der Waals surface area contributed by atoms with Crippen molar-refractivity contribution in [2.75, 3.05) is 18.8 Å². The van der Waals surface area contributed by atoms with Crippen LogP contribution in [0, 0.1) is 12.8 Å². The standard InChI is InChI=1S/C13H18N2O.ClH/c1-9-5-6-15(8-9)13(16)12-7-11(14)4-3-10(12)2;/h3-4,7,9H,5-6,8,14H2,1-2H3;1H. The van der Waals surface area contributed by atoms with E-state index in [9.17, 15) is 4.79 Å². The Kier molecular flexibility index (Phi) is 4.40. The maximum absolute atomic E-state index is 12.2. The van der Waals surface area contributed by atoms with Crippen molar-refractivity contribution in [1.82, 2.24) is 4.90 Å². The van der Waals surface area contributed by atoms with Crippen LogP contribution in [-0.4, -0.2) is 23.9 Å². The van der Waals surface area contributed by atoms with Crippen LogP contribution in [0.4, 0.5) is 5.69 Å². The summed E-state index contributed by atoms with van der Waals surface area (Å²) in [7, 11) is 0. The van der Waals surface area contributed by atoms with E-state index in [2.05, 4.69) is 6.92 Å². The molecule has 2 rings (SSSR count). The first kappa shape index (κ1) is 13.8. The van der Waals surface area contributed by atoms with Gasteiger partial charge in [0.25, 0.3) is 5.91 Å². The molecule has 1 aromatic rings. The SMILES string of the molecule is Cc1ccc(N)cc1C(=O)N1CCC(C)C1.Cl. The molecule has 94 valence electrons. The summed E-state index contributed by atoms with van der Waals surface area (Å²) < 4.78 is 0. The summed E-state index contributed by atoms with van der Waals surface area (Å²) in [5, 5.41) is 0. The van der Waals surface area contributed by atoms with Crippen LogP contribution in [0.5, 0.6) is 0 Å². The van der Waals surface area contributed by atoms with Crippen LogP contribution in [0.15, 0.2) is 18.2 Å². The van der Waals surface area contributed by atoms with Crippen molar-refractivity contribution in [1.29, 1.82) is 0 Å².